The van der Waals surface area contributed by atoms with Crippen molar-refractivity contribution in [1.29, 1.82) is 0 Å². The van der Waals surface area contributed by atoms with Gasteiger partial charge < -0.3 is 14.3 Å². The largest absolute Gasteiger partial charge is 0.353 e. The number of carbonyl (C=O) groups excluding carboxylic acids is 1. The van der Waals surface area contributed by atoms with Gasteiger partial charge in [0, 0.05) is 43.9 Å². The SMILES string of the molecule is O=C(Cc1ccc(F)cc1)N1CCN(c2ccc(-c3noc(C4CCCC4)n3)cn2)CC1. The van der Waals surface area contributed by atoms with E-state index in [0.29, 0.717) is 31.3 Å². The standard InChI is InChI=1S/C24H26FN5O2/c25-20-8-5-17(6-9-20)15-22(31)30-13-11-29(12-14-30)21-10-7-19(16-26-21)23-27-24(32-28-23)18-3-1-2-4-18/h5-10,16,18H,1-4,11-15H2. The topological polar surface area (TPSA) is 75.4 Å². The van der Waals surface area contributed by atoms with Crippen LogP contribution in [0.3, 0.4) is 0 Å². The van der Waals surface area contributed by atoms with Crippen molar-refractivity contribution in [3.63, 3.8) is 0 Å². The first kappa shape index (κ1) is 20.6. The summed E-state index contributed by atoms with van der Waals surface area (Å²) in [4.78, 5) is 25.8. The number of hydrogen-bond acceptors (Lipinski definition) is 6. The first-order valence-electron chi connectivity index (χ1n) is 11.2. The van der Waals surface area contributed by atoms with Crippen LogP contribution < -0.4 is 4.90 Å². The third kappa shape index (κ3) is 4.49. The number of aromatic nitrogens is 3. The molecule has 5 rings (SSSR count). The van der Waals surface area contributed by atoms with Gasteiger partial charge in [-0.05, 0) is 42.7 Å². The molecular formula is C24H26FN5O2. The van der Waals surface area contributed by atoms with Crippen molar-refractivity contribution >= 4 is 11.7 Å². The van der Waals surface area contributed by atoms with Gasteiger partial charge in [0.25, 0.3) is 0 Å². The van der Waals surface area contributed by atoms with E-state index in [4.69, 9.17) is 4.52 Å². The van der Waals surface area contributed by atoms with E-state index in [1.54, 1.807) is 18.3 Å². The quantitative estimate of drug-likeness (QED) is 0.607. The summed E-state index contributed by atoms with van der Waals surface area (Å²) in [5.74, 6) is 2.37. The number of carbonyl (C=O) groups is 1. The van der Waals surface area contributed by atoms with E-state index >= 15 is 0 Å². The highest BCUT2D eigenvalue weighted by Crippen LogP contribution is 2.33. The predicted octanol–water partition coefficient (Wildman–Crippen LogP) is 3.82. The van der Waals surface area contributed by atoms with Gasteiger partial charge in [0.05, 0.1) is 6.42 Å². The van der Waals surface area contributed by atoms with Gasteiger partial charge in [0.1, 0.15) is 11.6 Å². The maximum absolute atomic E-state index is 13.1. The highest BCUT2D eigenvalue weighted by Gasteiger charge is 2.24. The summed E-state index contributed by atoms with van der Waals surface area (Å²) in [6, 6.07) is 10.0. The zero-order chi connectivity index (χ0) is 21.9. The van der Waals surface area contributed by atoms with E-state index in [9.17, 15) is 9.18 Å². The molecule has 166 valence electrons. The minimum Gasteiger partial charge on any atom is -0.353 e. The van der Waals surface area contributed by atoms with Crippen LogP contribution >= 0.6 is 0 Å². The molecule has 0 radical (unpaired) electrons. The molecule has 1 saturated heterocycles. The molecular weight excluding hydrogens is 409 g/mol. The Morgan fingerprint density at radius 2 is 1.78 bits per heavy atom. The predicted molar refractivity (Wildman–Crippen MR) is 118 cm³/mol. The van der Waals surface area contributed by atoms with Crippen LogP contribution in [0.5, 0.6) is 0 Å². The van der Waals surface area contributed by atoms with Crippen molar-refractivity contribution in [2.45, 2.75) is 38.0 Å². The third-order valence-electron chi connectivity index (χ3n) is 6.38. The molecule has 1 saturated carbocycles. The van der Waals surface area contributed by atoms with Gasteiger partial charge in [-0.15, -0.1) is 0 Å². The normalized spacial score (nSPS) is 17.2. The molecule has 1 amide bonds. The van der Waals surface area contributed by atoms with Gasteiger partial charge in [-0.1, -0.05) is 30.1 Å². The molecule has 8 heteroatoms. The molecule has 0 atom stereocenters. The Balaban J connectivity index is 1.16. The van der Waals surface area contributed by atoms with E-state index in [1.165, 1.54) is 25.0 Å². The minimum atomic E-state index is -0.290. The van der Waals surface area contributed by atoms with Crippen molar-refractivity contribution in [3.05, 3.63) is 59.9 Å². The monoisotopic (exact) mass is 435 g/mol. The fraction of sp³-hybridized carbons (Fsp3) is 0.417. The van der Waals surface area contributed by atoms with Gasteiger partial charge >= 0.3 is 0 Å². The molecule has 2 fully saturated rings. The smallest absolute Gasteiger partial charge is 0.230 e. The van der Waals surface area contributed by atoms with Crippen LogP contribution in [-0.4, -0.2) is 52.1 Å². The number of anilines is 1. The Morgan fingerprint density at radius 1 is 1.03 bits per heavy atom. The average Bonchev–Trinajstić information content (AvgIpc) is 3.53. The lowest BCUT2D eigenvalue weighted by Crippen LogP contribution is -2.49. The average molecular weight is 436 g/mol. The number of pyridine rings is 1. The van der Waals surface area contributed by atoms with E-state index in [0.717, 1.165) is 48.8 Å². The van der Waals surface area contributed by atoms with Crippen LogP contribution in [0.25, 0.3) is 11.4 Å². The first-order chi connectivity index (χ1) is 15.7. The Morgan fingerprint density at radius 3 is 2.47 bits per heavy atom. The second-order valence-electron chi connectivity index (χ2n) is 8.51. The van der Waals surface area contributed by atoms with Crippen molar-refractivity contribution in [1.82, 2.24) is 20.0 Å². The first-order valence-corrected chi connectivity index (χ1v) is 11.2. The summed E-state index contributed by atoms with van der Waals surface area (Å²) < 4.78 is 18.5. The van der Waals surface area contributed by atoms with Gasteiger partial charge in [-0.3, -0.25) is 4.79 Å². The number of halogens is 1. The summed E-state index contributed by atoms with van der Waals surface area (Å²) in [7, 11) is 0. The molecule has 1 aliphatic carbocycles. The highest BCUT2D eigenvalue weighted by atomic mass is 19.1. The van der Waals surface area contributed by atoms with Crippen LogP contribution in [0.2, 0.25) is 0 Å². The lowest BCUT2D eigenvalue weighted by atomic mass is 10.1. The summed E-state index contributed by atoms with van der Waals surface area (Å²) >= 11 is 0. The number of hydrogen-bond donors (Lipinski definition) is 0. The third-order valence-corrected chi connectivity index (χ3v) is 6.38. The van der Waals surface area contributed by atoms with Gasteiger partial charge in [-0.25, -0.2) is 9.37 Å². The molecule has 0 bridgehead atoms. The van der Waals surface area contributed by atoms with Crippen molar-refractivity contribution < 1.29 is 13.7 Å². The second kappa shape index (κ2) is 9.06. The number of nitrogens with zero attached hydrogens (tertiary/aromatic N) is 5. The van der Waals surface area contributed by atoms with E-state index in [1.807, 2.05) is 17.0 Å². The Bertz CT molecular complexity index is 1050. The van der Waals surface area contributed by atoms with Crippen molar-refractivity contribution in [2.75, 3.05) is 31.1 Å². The lowest BCUT2D eigenvalue weighted by molar-refractivity contribution is -0.130. The fourth-order valence-corrected chi connectivity index (χ4v) is 4.47. The second-order valence-corrected chi connectivity index (χ2v) is 8.51. The molecule has 3 aromatic rings. The maximum atomic E-state index is 13.1. The van der Waals surface area contributed by atoms with Crippen LogP contribution in [0.1, 0.15) is 43.1 Å². The number of rotatable bonds is 5. The van der Waals surface area contributed by atoms with Crippen molar-refractivity contribution in [2.24, 2.45) is 0 Å². The molecule has 1 aliphatic heterocycles. The van der Waals surface area contributed by atoms with Crippen LogP contribution in [0.4, 0.5) is 10.2 Å². The Hall–Kier alpha value is -3.29. The summed E-state index contributed by atoms with van der Waals surface area (Å²) in [5, 5.41) is 4.14. The number of amides is 1. The van der Waals surface area contributed by atoms with Gasteiger partial charge in [0.2, 0.25) is 17.6 Å². The van der Waals surface area contributed by atoms with Crippen LogP contribution in [-0.2, 0) is 11.2 Å². The molecule has 3 heterocycles. The molecule has 32 heavy (non-hydrogen) atoms. The lowest BCUT2D eigenvalue weighted by Gasteiger charge is -2.35. The van der Waals surface area contributed by atoms with Crippen molar-refractivity contribution in [3.8, 4) is 11.4 Å². The van der Waals surface area contributed by atoms with E-state index < -0.39 is 0 Å². The number of piperazine rings is 1. The van der Waals surface area contributed by atoms with E-state index in [2.05, 4.69) is 20.0 Å². The van der Waals surface area contributed by atoms with Crippen LogP contribution in [0, 0.1) is 5.82 Å². The maximum Gasteiger partial charge on any atom is 0.230 e. The zero-order valence-electron chi connectivity index (χ0n) is 17.9. The molecule has 0 spiro atoms. The van der Waals surface area contributed by atoms with Gasteiger partial charge in [-0.2, -0.15) is 4.98 Å². The summed E-state index contributed by atoms with van der Waals surface area (Å²) in [5.41, 5.74) is 1.67. The summed E-state index contributed by atoms with van der Waals surface area (Å²) in [6.07, 6.45) is 6.77. The molecule has 7 nitrogen and oxygen atoms in total. The molecule has 2 aromatic heterocycles. The van der Waals surface area contributed by atoms with Gasteiger partial charge in [0.15, 0.2) is 0 Å². The molecule has 0 unspecified atom stereocenters. The minimum absolute atomic E-state index is 0.0646. The highest BCUT2D eigenvalue weighted by molar-refractivity contribution is 5.79. The molecule has 1 aromatic carbocycles. The van der Waals surface area contributed by atoms with Crippen LogP contribution in [0.15, 0.2) is 47.1 Å². The fourth-order valence-electron chi connectivity index (χ4n) is 4.47. The number of benzene rings is 1. The zero-order valence-corrected chi connectivity index (χ0v) is 17.9. The summed E-state index contributed by atoms with van der Waals surface area (Å²) in [6.45, 7) is 2.71. The molecule has 0 N–H and O–H groups in total. The van der Waals surface area contributed by atoms with E-state index in [-0.39, 0.29) is 11.7 Å². The Labute approximate surface area is 186 Å². The Kier molecular flexibility index (Phi) is 5.83. The molecule has 2 aliphatic rings.